The normalized spacial score (nSPS) is 19.6. The molecule has 1 aromatic rings. The second-order valence-corrected chi connectivity index (χ2v) is 3.95. The van der Waals surface area contributed by atoms with Crippen LogP contribution in [0, 0.1) is 0 Å². The number of nitrogens with zero attached hydrogens (tertiary/aromatic N) is 1. The van der Waals surface area contributed by atoms with Crippen molar-refractivity contribution in [3.05, 3.63) is 23.9 Å². The van der Waals surface area contributed by atoms with E-state index in [1.165, 1.54) is 12.8 Å². The Labute approximate surface area is 94.4 Å². The van der Waals surface area contributed by atoms with Gasteiger partial charge in [-0.15, -0.1) is 0 Å². The molecule has 2 heterocycles. The van der Waals surface area contributed by atoms with Crippen LogP contribution in [-0.4, -0.2) is 30.0 Å². The van der Waals surface area contributed by atoms with E-state index < -0.39 is 5.91 Å². The van der Waals surface area contributed by atoms with Crippen LogP contribution in [0.3, 0.4) is 0 Å². The second-order valence-electron chi connectivity index (χ2n) is 3.95. The first-order valence-electron chi connectivity index (χ1n) is 5.50. The molecule has 0 spiro atoms. The Kier molecular flexibility index (Phi) is 3.36. The first-order chi connectivity index (χ1) is 7.75. The predicted octanol–water partition coefficient (Wildman–Crippen LogP) is 0.344. The zero-order chi connectivity index (χ0) is 11.4. The van der Waals surface area contributed by atoms with Gasteiger partial charge in [0.1, 0.15) is 11.5 Å². The van der Waals surface area contributed by atoms with Gasteiger partial charge in [0.2, 0.25) is 0 Å². The molecule has 1 amide bonds. The van der Waals surface area contributed by atoms with Gasteiger partial charge in [-0.1, -0.05) is 6.07 Å². The van der Waals surface area contributed by atoms with Gasteiger partial charge in [0, 0.05) is 12.6 Å². The van der Waals surface area contributed by atoms with Crippen molar-refractivity contribution in [3.8, 4) is 0 Å². The van der Waals surface area contributed by atoms with Crippen LogP contribution >= 0.6 is 0 Å². The number of hydrogen-bond donors (Lipinski definition) is 3. The molecular formula is C11H16N4O. The van der Waals surface area contributed by atoms with Gasteiger partial charge in [-0.25, -0.2) is 4.98 Å². The van der Waals surface area contributed by atoms with Crippen LogP contribution in [0.25, 0.3) is 0 Å². The van der Waals surface area contributed by atoms with Crippen molar-refractivity contribution < 1.29 is 4.79 Å². The molecule has 1 fully saturated rings. The monoisotopic (exact) mass is 220 g/mol. The van der Waals surface area contributed by atoms with Crippen LogP contribution in [-0.2, 0) is 0 Å². The van der Waals surface area contributed by atoms with Gasteiger partial charge in [0.05, 0.1) is 0 Å². The molecule has 0 saturated carbocycles. The van der Waals surface area contributed by atoms with E-state index in [9.17, 15) is 4.79 Å². The molecule has 5 nitrogen and oxygen atoms in total. The minimum Gasteiger partial charge on any atom is -0.368 e. The Morgan fingerprint density at radius 2 is 2.50 bits per heavy atom. The number of carbonyl (C=O) groups excluding carboxylic acids is 1. The maximum Gasteiger partial charge on any atom is 0.267 e. The summed E-state index contributed by atoms with van der Waals surface area (Å²) < 4.78 is 0. The van der Waals surface area contributed by atoms with Gasteiger partial charge in [-0.3, -0.25) is 4.79 Å². The fourth-order valence-electron chi connectivity index (χ4n) is 1.83. The zero-order valence-corrected chi connectivity index (χ0v) is 9.07. The molecule has 1 saturated heterocycles. The first kappa shape index (κ1) is 10.9. The lowest BCUT2D eigenvalue weighted by atomic mass is 10.2. The van der Waals surface area contributed by atoms with E-state index in [0.717, 1.165) is 13.1 Å². The quantitative estimate of drug-likeness (QED) is 0.683. The van der Waals surface area contributed by atoms with Gasteiger partial charge in [-0.2, -0.15) is 0 Å². The van der Waals surface area contributed by atoms with Gasteiger partial charge in [0.25, 0.3) is 5.91 Å². The fraction of sp³-hybridized carbons (Fsp3) is 0.455. The lowest BCUT2D eigenvalue weighted by Crippen LogP contribution is -2.29. The van der Waals surface area contributed by atoms with E-state index in [0.29, 0.717) is 17.6 Å². The number of carbonyl (C=O) groups is 1. The van der Waals surface area contributed by atoms with Crippen LogP contribution in [0.2, 0.25) is 0 Å². The molecule has 0 bridgehead atoms. The molecule has 4 N–H and O–H groups in total. The summed E-state index contributed by atoms with van der Waals surface area (Å²) in [5, 5.41) is 6.58. The number of anilines is 1. The lowest BCUT2D eigenvalue weighted by Gasteiger charge is -2.12. The highest BCUT2D eigenvalue weighted by molar-refractivity contribution is 5.91. The van der Waals surface area contributed by atoms with Gasteiger partial charge in [-0.05, 0) is 31.5 Å². The van der Waals surface area contributed by atoms with Crippen molar-refractivity contribution >= 4 is 11.7 Å². The molecule has 1 unspecified atom stereocenters. The van der Waals surface area contributed by atoms with E-state index in [4.69, 9.17) is 5.73 Å². The van der Waals surface area contributed by atoms with Crippen molar-refractivity contribution in [2.75, 3.05) is 18.4 Å². The molecule has 86 valence electrons. The number of amides is 1. The zero-order valence-electron chi connectivity index (χ0n) is 9.07. The minimum absolute atomic E-state index is 0.296. The van der Waals surface area contributed by atoms with Crippen LogP contribution < -0.4 is 16.4 Å². The van der Waals surface area contributed by atoms with Gasteiger partial charge in [0.15, 0.2) is 0 Å². The molecular weight excluding hydrogens is 204 g/mol. The standard InChI is InChI=1S/C11H16N4O/c12-11(16)9-4-1-5-10(15-9)14-7-8-3-2-6-13-8/h1,4-5,8,13H,2-3,6-7H2,(H2,12,16)(H,14,15). The summed E-state index contributed by atoms with van der Waals surface area (Å²) >= 11 is 0. The topological polar surface area (TPSA) is 80.0 Å². The van der Waals surface area contributed by atoms with Crippen LogP contribution in [0.4, 0.5) is 5.82 Å². The van der Waals surface area contributed by atoms with E-state index in [1.54, 1.807) is 12.1 Å². The molecule has 1 aliphatic rings. The van der Waals surface area contributed by atoms with Crippen LogP contribution in [0.1, 0.15) is 23.3 Å². The number of nitrogens with two attached hydrogens (primary N) is 1. The summed E-state index contributed by atoms with van der Waals surface area (Å²) in [6.07, 6.45) is 2.41. The first-order valence-corrected chi connectivity index (χ1v) is 5.50. The molecule has 16 heavy (non-hydrogen) atoms. The van der Waals surface area contributed by atoms with E-state index >= 15 is 0 Å². The van der Waals surface area contributed by atoms with Crippen molar-refractivity contribution in [2.24, 2.45) is 5.73 Å². The molecule has 2 rings (SSSR count). The highest BCUT2D eigenvalue weighted by atomic mass is 16.1. The second kappa shape index (κ2) is 4.94. The molecule has 0 aliphatic carbocycles. The third-order valence-corrected chi connectivity index (χ3v) is 2.69. The Balaban J connectivity index is 1.93. The maximum absolute atomic E-state index is 10.9. The summed E-state index contributed by atoms with van der Waals surface area (Å²) in [6.45, 7) is 1.91. The number of nitrogens with one attached hydrogen (secondary N) is 2. The van der Waals surface area contributed by atoms with Crippen molar-refractivity contribution in [2.45, 2.75) is 18.9 Å². The Bertz CT molecular complexity index is 374. The highest BCUT2D eigenvalue weighted by Gasteiger charge is 2.13. The fourth-order valence-corrected chi connectivity index (χ4v) is 1.83. The van der Waals surface area contributed by atoms with Crippen LogP contribution in [0.15, 0.2) is 18.2 Å². The summed E-state index contributed by atoms with van der Waals surface area (Å²) in [5.74, 6) is 0.202. The number of rotatable bonds is 4. The van der Waals surface area contributed by atoms with Gasteiger partial charge >= 0.3 is 0 Å². The number of hydrogen-bond acceptors (Lipinski definition) is 4. The van der Waals surface area contributed by atoms with Crippen molar-refractivity contribution in [1.29, 1.82) is 0 Å². The van der Waals surface area contributed by atoms with Gasteiger partial charge < -0.3 is 16.4 Å². The lowest BCUT2D eigenvalue weighted by molar-refractivity contribution is 0.0995. The molecule has 1 aliphatic heterocycles. The number of aromatic nitrogens is 1. The molecule has 1 atom stereocenters. The van der Waals surface area contributed by atoms with E-state index in [-0.39, 0.29) is 0 Å². The minimum atomic E-state index is -0.498. The summed E-state index contributed by atoms with van der Waals surface area (Å²) in [6, 6.07) is 5.72. The summed E-state index contributed by atoms with van der Waals surface area (Å²) in [5.41, 5.74) is 5.46. The molecule has 0 radical (unpaired) electrons. The van der Waals surface area contributed by atoms with Crippen molar-refractivity contribution in [3.63, 3.8) is 0 Å². The largest absolute Gasteiger partial charge is 0.368 e. The van der Waals surface area contributed by atoms with E-state index in [1.807, 2.05) is 6.07 Å². The number of primary amides is 1. The Hall–Kier alpha value is -1.62. The third kappa shape index (κ3) is 2.70. The molecule has 1 aromatic heterocycles. The molecule has 5 heteroatoms. The van der Waals surface area contributed by atoms with Crippen molar-refractivity contribution in [1.82, 2.24) is 10.3 Å². The number of pyridine rings is 1. The maximum atomic E-state index is 10.9. The molecule has 0 aromatic carbocycles. The Morgan fingerprint density at radius 3 is 3.19 bits per heavy atom. The highest BCUT2D eigenvalue weighted by Crippen LogP contribution is 2.08. The summed E-state index contributed by atoms with van der Waals surface area (Å²) in [7, 11) is 0. The van der Waals surface area contributed by atoms with E-state index in [2.05, 4.69) is 15.6 Å². The summed E-state index contributed by atoms with van der Waals surface area (Å²) in [4.78, 5) is 15.1. The average molecular weight is 220 g/mol. The van der Waals surface area contributed by atoms with Crippen LogP contribution in [0.5, 0.6) is 0 Å². The Morgan fingerprint density at radius 1 is 1.62 bits per heavy atom. The predicted molar refractivity (Wildman–Crippen MR) is 62.3 cm³/mol. The smallest absolute Gasteiger partial charge is 0.267 e. The third-order valence-electron chi connectivity index (χ3n) is 2.69. The average Bonchev–Trinajstić information content (AvgIpc) is 2.79. The SMILES string of the molecule is NC(=O)c1cccc(NCC2CCCN2)n1.